The number of carbonyl (C=O) groups is 1. The summed E-state index contributed by atoms with van der Waals surface area (Å²) in [5.41, 5.74) is -0.164. The van der Waals surface area contributed by atoms with Crippen molar-refractivity contribution in [3.05, 3.63) is 35.4 Å². The molecule has 2 N–H and O–H groups in total. The monoisotopic (exact) mass is 356 g/mol. The highest BCUT2D eigenvalue weighted by Crippen LogP contribution is 2.19. The minimum Gasteiger partial charge on any atom is -0.444 e. The molecule has 4 nitrogen and oxygen atoms in total. The lowest BCUT2D eigenvalue weighted by Crippen LogP contribution is -2.44. The second-order valence-electron chi connectivity index (χ2n) is 7.76. The first-order valence-corrected chi connectivity index (χ1v) is 8.65. The number of ether oxygens (including phenoxy) is 1. The fourth-order valence-electron chi connectivity index (χ4n) is 2.60. The van der Waals surface area contributed by atoms with Crippen molar-refractivity contribution in [2.45, 2.75) is 65.6 Å². The molecular weight excluding hydrogens is 326 g/mol. The summed E-state index contributed by atoms with van der Waals surface area (Å²) in [7, 11) is 0. The van der Waals surface area contributed by atoms with E-state index in [-0.39, 0.29) is 12.1 Å². The van der Waals surface area contributed by atoms with Crippen molar-refractivity contribution in [3.8, 4) is 0 Å². The van der Waals surface area contributed by atoms with Gasteiger partial charge in [-0.25, -0.2) is 13.6 Å². The second kappa shape index (κ2) is 9.13. The van der Waals surface area contributed by atoms with Crippen molar-refractivity contribution >= 4 is 6.09 Å². The average Bonchev–Trinajstić information content (AvgIpc) is 2.42. The van der Waals surface area contributed by atoms with Gasteiger partial charge in [0.2, 0.25) is 0 Å². The van der Waals surface area contributed by atoms with Crippen LogP contribution in [0.3, 0.4) is 0 Å². The number of halogens is 2. The number of nitrogens with one attached hydrogen (secondary N) is 2. The Hall–Kier alpha value is -1.69. The number of alkyl carbamates (subject to hydrolysis) is 1. The van der Waals surface area contributed by atoms with Gasteiger partial charge in [0.25, 0.3) is 0 Å². The SMILES string of the molecule is CC(C)CC(CNC(=O)OC(C)(C)C)NC(C)c1ccc(F)cc1F. The first-order valence-electron chi connectivity index (χ1n) is 8.65. The van der Waals surface area contributed by atoms with E-state index in [1.165, 1.54) is 12.1 Å². The lowest BCUT2D eigenvalue weighted by molar-refractivity contribution is 0.0520. The molecule has 6 heteroatoms. The van der Waals surface area contributed by atoms with E-state index in [2.05, 4.69) is 24.5 Å². The van der Waals surface area contributed by atoms with Crippen molar-refractivity contribution in [3.63, 3.8) is 0 Å². The molecule has 2 unspecified atom stereocenters. The molecule has 1 aromatic carbocycles. The molecule has 0 radical (unpaired) electrons. The number of carbonyl (C=O) groups excluding carboxylic acids is 1. The molecule has 2 atom stereocenters. The van der Waals surface area contributed by atoms with Crippen molar-refractivity contribution in [1.82, 2.24) is 10.6 Å². The Morgan fingerprint density at radius 1 is 1.20 bits per heavy atom. The maximum atomic E-state index is 13.9. The minimum absolute atomic E-state index is 0.0630. The number of amides is 1. The number of benzene rings is 1. The van der Waals surface area contributed by atoms with Crippen molar-refractivity contribution < 1.29 is 18.3 Å². The van der Waals surface area contributed by atoms with Gasteiger partial charge in [-0.1, -0.05) is 19.9 Å². The Kier molecular flexibility index (Phi) is 7.80. The third kappa shape index (κ3) is 8.29. The third-order valence-corrected chi connectivity index (χ3v) is 3.56. The van der Waals surface area contributed by atoms with Gasteiger partial charge < -0.3 is 15.4 Å². The van der Waals surface area contributed by atoms with Crippen LogP contribution < -0.4 is 10.6 Å². The summed E-state index contributed by atoms with van der Waals surface area (Å²) < 4.78 is 32.2. The van der Waals surface area contributed by atoms with Gasteiger partial charge in [-0.3, -0.25) is 0 Å². The van der Waals surface area contributed by atoms with E-state index in [9.17, 15) is 13.6 Å². The summed E-state index contributed by atoms with van der Waals surface area (Å²) in [4.78, 5) is 11.8. The average molecular weight is 356 g/mol. The molecule has 0 aliphatic rings. The minimum atomic E-state index is -0.598. The summed E-state index contributed by atoms with van der Waals surface area (Å²) >= 11 is 0. The summed E-state index contributed by atoms with van der Waals surface area (Å²) in [6.07, 6.45) is 0.312. The van der Waals surface area contributed by atoms with Crippen LogP contribution in [0.5, 0.6) is 0 Å². The largest absolute Gasteiger partial charge is 0.444 e. The third-order valence-electron chi connectivity index (χ3n) is 3.56. The zero-order valence-corrected chi connectivity index (χ0v) is 16.0. The van der Waals surface area contributed by atoms with Crippen LogP contribution in [-0.2, 0) is 4.74 Å². The fraction of sp³-hybridized carbons (Fsp3) is 0.632. The van der Waals surface area contributed by atoms with E-state index in [1.54, 1.807) is 20.8 Å². The molecule has 1 amide bonds. The van der Waals surface area contributed by atoms with Crippen LogP contribution in [-0.4, -0.2) is 24.3 Å². The van der Waals surface area contributed by atoms with E-state index in [0.717, 1.165) is 12.5 Å². The molecular formula is C19H30F2N2O2. The summed E-state index contributed by atoms with van der Waals surface area (Å²) in [6, 6.07) is 3.18. The molecule has 0 saturated heterocycles. The first kappa shape index (κ1) is 21.4. The second-order valence-corrected chi connectivity index (χ2v) is 7.76. The van der Waals surface area contributed by atoms with E-state index in [0.29, 0.717) is 18.0 Å². The molecule has 0 heterocycles. The van der Waals surface area contributed by atoms with Crippen molar-refractivity contribution in [2.75, 3.05) is 6.54 Å². The molecule has 0 fully saturated rings. The van der Waals surface area contributed by atoms with Crippen molar-refractivity contribution in [1.29, 1.82) is 0 Å². The van der Waals surface area contributed by atoms with Gasteiger partial charge in [0.15, 0.2) is 0 Å². The van der Waals surface area contributed by atoms with Crippen LogP contribution in [0, 0.1) is 17.6 Å². The van der Waals surface area contributed by atoms with Gasteiger partial charge in [-0.05, 0) is 46.1 Å². The predicted molar refractivity (Wildman–Crippen MR) is 95.4 cm³/mol. The number of rotatable bonds is 7. The lowest BCUT2D eigenvalue weighted by Gasteiger charge is -2.26. The van der Waals surface area contributed by atoms with Gasteiger partial charge in [0.05, 0.1) is 0 Å². The predicted octanol–water partition coefficient (Wildman–Crippen LogP) is 4.55. The van der Waals surface area contributed by atoms with Crippen LogP contribution in [0.25, 0.3) is 0 Å². The van der Waals surface area contributed by atoms with Gasteiger partial charge in [-0.2, -0.15) is 0 Å². The smallest absolute Gasteiger partial charge is 0.407 e. The van der Waals surface area contributed by atoms with Gasteiger partial charge in [0.1, 0.15) is 17.2 Å². The Morgan fingerprint density at radius 2 is 1.84 bits per heavy atom. The highest BCUT2D eigenvalue weighted by Gasteiger charge is 2.20. The molecule has 0 aliphatic heterocycles. The topological polar surface area (TPSA) is 50.4 Å². The van der Waals surface area contributed by atoms with Crippen LogP contribution >= 0.6 is 0 Å². The van der Waals surface area contributed by atoms with E-state index >= 15 is 0 Å². The molecule has 142 valence electrons. The van der Waals surface area contributed by atoms with Crippen molar-refractivity contribution in [2.24, 2.45) is 5.92 Å². The van der Waals surface area contributed by atoms with Crippen LogP contribution in [0.4, 0.5) is 13.6 Å². The number of hydrogen-bond donors (Lipinski definition) is 2. The summed E-state index contributed by atoms with van der Waals surface area (Å²) in [5.74, 6) is -0.787. The highest BCUT2D eigenvalue weighted by molar-refractivity contribution is 5.67. The summed E-state index contributed by atoms with van der Waals surface area (Å²) in [5, 5.41) is 6.06. The number of hydrogen-bond acceptors (Lipinski definition) is 3. The van der Waals surface area contributed by atoms with Crippen LogP contribution in [0.1, 0.15) is 59.6 Å². The van der Waals surface area contributed by atoms with Gasteiger partial charge >= 0.3 is 6.09 Å². The Morgan fingerprint density at radius 3 is 2.36 bits per heavy atom. The molecule has 0 saturated carbocycles. The standard InChI is InChI=1S/C19H30F2N2O2/c1-12(2)9-15(11-22-18(24)25-19(4,5)6)23-13(3)16-8-7-14(20)10-17(16)21/h7-8,10,12-13,15,23H,9,11H2,1-6H3,(H,22,24). The normalized spacial score (nSPS) is 14.3. The van der Waals surface area contributed by atoms with Gasteiger partial charge in [-0.15, -0.1) is 0 Å². The maximum absolute atomic E-state index is 13.9. The molecule has 25 heavy (non-hydrogen) atoms. The Bertz CT molecular complexity index is 571. The van der Waals surface area contributed by atoms with Crippen LogP contribution in [0.15, 0.2) is 18.2 Å². The van der Waals surface area contributed by atoms with Crippen LogP contribution in [0.2, 0.25) is 0 Å². The van der Waals surface area contributed by atoms with E-state index in [1.807, 2.05) is 6.92 Å². The zero-order chi connectivity index (χ0) is 19.2. The lowest BCUT2D eigenvalue weighted by atomic mass is 10.0. The molecule has 0 bridgehead atoms. The van der Waals surface area contributed by atoms with E-state index in [4.69, 9.17) is 4.74 Å². The molecule has 1 rings (SSSR count). The molecule has 0 spiro atoms. The summed E-state index contributed by atoms with van der Waals surface area (Å²) in [6.45, 7) is 11.7. The first-order chi connectivity index (χ1) is 11.5. The molecule has 1 aromatic rings. The van der Waals surface area contributed by atoms with E-state index < -0.39 is 23.3 Å². The highest BCUT2D eigenvalue weighted by atomic mass is 19.1. The Balaban J connectivity index is 2.70. The molecule has 0 aromatic heterocycles. The molecule has 0 aliphatic carbocycles. The van der Waals surface area contributed by atoms with Gasteiger partial charge in [0, 0.05) is 30.3 Å². The fourth-order valence-corrected chi connectivity index (χ4v) is 2.60. The maximum Gasteiger partial charge on any atom is 0.407 e. The Labute approximate surface area is 149 Å². The quantitative estimate of drug-likeness (QED) is 0.753. The zero-order valence-electron chi connectivity index (χ0n) is 16.0.